The third kappa shape index (κ3) is 4.84. The molecule has 1 saturated carbocycles. The van der Waals surface area contributed by atoms with Gasteiger partial charge in [-0.3, -0.25) is 0 Å². The number of carbonyl (C=O) groups excluding carboxylic acids is 1. The van der Waals surface area contributed by atoms with E-state index in [0.717, 1.165) is 25.3 Å². The Morgan fingerprint density at radius 2 is 2.25 bits per heavy atom. The van der Waals surface area contributed by atoms with E-state index in [4.69, 9.17) is 5.11 Å². The molecule has 4 heteroatoms. The predicted octanol–water partition coefficient (Wildman–Crippen LogP) is 1.64. The van der Waals surface area contributed by atoms with Gasteiger partial charge in [0.15, 0.2) is 0 Å². The Morgan fingerprint density at radius 3 is 2.75 bits per heavy atom. The number of hydrogen-bond donors (Lipinski definition) is 3. The minimum absolute atomic E-state index is 0.0914. The Bertz CT molecular complexity index is 205. The molecule has 0 aromatic rings. The van der Waals surface area contributed by atoms with E-state index in [-0.39, 0.29) is 18.7 Å². The van der Waals surface area contributed by atoms with Gasteiger partial charge in [0.2, 0.25) is 0 Å². The number of amides is 2. The minimum Gasteiger partial charge on any atom is -0.396 e. The Morgan fingerprint density at radius 1 is 1.50 bits per heavy atom. The quantitative estimate of drug-likeness (QED) is 0.620. The molecule has 0 aliphatic heterocycles. The molecule has 94 valence electrons. The fourth-order valence-electron chi connectivity index (χ4n) is 1.94. The zero-order chi connectivity index (χ0) is 11.8. The van der Waals surface area contributed by atoms with Gasteiger partial charge < -0.3 is 15.7 Å². The van der Waals surface area contributed by atoms with Crippen LogP contribution >= 0.6 is 0 Å². The lowest BCUT2D eigenvalue weighted by atomic mass is 9.83. The van der Waals surface area contributed by atoms with Crippen LogP contribution in [0.25, 0.3) is 0 Å². The van der Waals surface area contributed by atoms with Gasteiger partial charge in [-0.15, -0.1) is 0 Å². The molecule has 1 aliphatic rings. The molecule has 0 bridgehead atoms. The number of rotatable bonds is 7. The van der Waals surface area contributed by atoms with Crippen LogP contribution in [0.3, 0.4) is 0 Å². The van der Waals surface area contributed by atoms with Crippen molar-refractivity contribution in [3.8, 4) is 0 Å². The molecule has 4 nitrogen and oxygen atoms in total. The van der Waals surface area contributed by atoms with Crippen molar-refractivity contribution in [2.45, 2.75) is 51.5 Å². The summed E-state index contributed by atoms with van der Waals surface area (Å²) in [4.78, 5) is 11.5. The zero-order valence-electron chi connectivity index (χ0n) is 10.2. The second kappa shape index (κ2) is 7.49. The van der Waals surface area contributed by atoms with Crippen molar-refractivity contribution < 1.29 is 9.90 Å². The van der Waals surface area contributed by atoms with Crippen LogP contribution in [-0.2, 0) is 0 Å². The maximum atomic E-state index is 11.5. The van der Waals surface area contributed by atoms with E-state index in [0.29, 0.717) is 6.42 Å². The molecule has 2 amide bonds. The molecule has 0 spiro atoms. The van der Waals surface area contributed by atoms with Crippen LogP contribution in [0.4, 0.5) is 4.79 Å². The average molecular weight is 228 g/mol. The van der Waals surface area contributed by atoms with Crippen molar-refractivity contribution in [2.24, 2.45) is 5.92 Å². The van der Waals surface area contributed by atoms with Crippen molar-refractivity contribution in [1.82, 2.24) is 10.6 Å². The minimum atomic E-state index is -0.0976. The molecule has 1 atom stereocenters. The summed E-state index contributed by atoms with van der Waals surface area (Å²) < 4.78 is 0. The van der Waals surface area contributed by atoms with Gasteiger partial charge in [-0.1, -0.05) is 26.2 Å². The molecule has 3 N–H and O–H groups in total. The topological polar surface area (TPSA) is 61.4 Å². The number of urea groups is 1. The highest BCUT2D eigenvalue weighted by atomic mass is 16.3. The highest BCUT2D eigenvalue weighted by molar-refractivity contribution is 5.74. The molecule has 16 heavy (non-hydrogen) atoms. The summed E-state index contributed by atoms with van der Waals surface area (Å²) in [6, 6.07) is -0.00618. The van der Waals surface area contributed by atoms with E-state index in [2.05, 4.69) is 10.6 Å². The molecular weight excluding hydrogens is 204 g/mol. The number of aliphatic hydroxyl groups excluding tert-OH is 1. The molecule has 1 unspecified atom stereocenters. The van der Waals surface area contributed by atoms with Crippen LogP contribution in [0.2, 0.25) is 0 Å². The first kappa shape index (κ1) is 13.3. The molecule has 0 saturated heterocycles. The molecule has 1 rings (SSSR count). The fourth-order valence-corrected chi connectivity index (χ4v) is 1.94. The molecule has 0 aromatic carbocycles. The van der Waals surface area contributed by atoms with Crippen LogP contribution in [0, 0.1) is 5.92 Å². The highest BCUT2D eigenvalue weighted by Crippen LogP contribution is 2.28. The van der Waals surface area contributed by atoms with Crippen molar-refractivity contribution in [2.75, 3.05) is 13.2 Å². The van der Waals surface area contributed by atoms with Gasteiger partial charge in [0, 0.05) is 19.2 Å². The number of nitrogens with one attached hydrogen (secondary N) is 2. The van der Waals surface area contributed by atoms with Crippen molar-refractivity contribution in [3.63, 3.8) is 0 Å². The highest BCUT2D eigenvalue weighted by Gasteiger charge is 2.17. The number of aliphatic hydroxyl groups is 1. The predicted molar refractivity (Wildman–Crippen MR) is 64.3 cm³/mol. The zero-order valence-corrected chi connectivity index (χ0v) is 10.2. The summed E-state index contributed by atoms with van der Waals surface area (Å²) in [7, 11) is 0. The summed E-state index contributed by atoms with van der Waals surface area (Å²) in [5, 5.41) is 14.5. The third-order valence-electron chi connectivity index (χ3n) is 3.37. The lowest BCUT2D eigenvalue weighted by Gasteiger charge is -2.25. The number of carbonyl (C=O) groups is 1. The van der Waals surface area contributed by atoms with Crippen LogP contribution in [0.15, 0.2) is 0 Å². The molecule has 1 fully saturated rings. The lowest BCUT2D eigenvalue weighted by molar-refractivity contribution is 0.225. The fraction of sp³-hybridized carbons (Fsp3) is 0.917. The van der Waals surface area contributed by atoms with Gasteiger partial charge in [0.25, 0.3) is 0 Å². The normalized spacial score (nSPS) is 17.6. The summed E-state index contributed by atoms with van der Waals surface area (Å²) in [5.74, 6) is 0.833. The molecular formula is C12H24N2O2. The lowest BCUT2D eigenvalue weighted by Crippen LogP contribution is -2.43. The van der Waals surface area contributed by atoms with E-state index in [9.17, 15) is 4.79 Å². The van der Waals surface area contributed by atoms with E-state index < -0.39 is 0 Å². The first-order valence-corrected chi connectivity index (χ1v) is 6.41. The van der Waals surface area contributed by atoms with Crippen LogP contribution < -0.4 is 10.6 Å². The van der Waals surface area contributed by atoms with Crippen molar-refractivity contribution in [1.29, 1.82) is 0 Å². The van der Waals surface area contributed by atoms with E-state index in [1.165, 1.54) is 19.3 Å². The first-order valence-electron chi connectivity index (χ1n) is 6.41. The first-order chi connectivity index (χ1) is 7.76. The molecule has 1 aliphatic carbocycles. The Hall–Kier alpha value is -0.770. The largest absolute Gasteiger partial charge is 0.396 e. The third-order valence-corrected chi connectivity index (χ3v) is 3.37. The van der Waals surface area contributed by atoms with Crippen LogP contribution in [0.5, 0.6) is 0 Å². The van der Waals surface area contributed by atoms with E-state index in [1.807, 2.05) is 6.92 Å². The maximum Gasteiger partial charge on any atom is 0.315 e. The average Bonchev–Trinajstić information content (AvgIpc) is 2.21. The van der Waals surface area contributed by atoms with Crippen molar-refractivity contribution >= 4 is 6.03 Å². The van der Waals surface area contributed by atoms with Gasteiger partial charge in [0.1, 0.15) is 0 Å². The summed E-state index contributed by atoms with van der Waals surface area (Å²) in [6.45, 7) is 2.90. The van der Waals surface area contributed by atoms with Crippen LogP contribution in [0.1, 0.15) is 45.4 Å². The molecule has 0 aromatic heterocycles. The second-order valence-corrected chi connectivity index (χ2v) is 4.60. The second-order valence-electron chi connectivity index (χ2n) is 4.60. The maximum absolute atomic E-state index is 11.5. The van der Waals surface area contributed by atoms with Gasteiger partial charge in [-0.25, -0.2) is 4.79 Å². The van der Waals surface area contributed by atoms with Gasteiger partial charge >= 0.3 is 6.03 Å². The van der Waals surface area contributed by atoms with Gasteiger partial charge in [0.05, 0.1) is 0 Å². The van der Waals surface area contributed by atoms with Gasteiger partial charge in [-0.05, 0) is 25.2 Å². The van der Waals surface area contributed by atoms with E-state index >= 15 is 0 Å². The SMILES string of the molecule is CCC(CCO)NC(=O)NCCC1CCC1. The van der Waals surface area contributed by atoms with E-state index in [1.54, 1.807) is 0 Å². The monoisotopic (exact) mass is 228 g/mol. The summed E-state index contributed by atoms with van der Waals surface area (Å²) in [6.07, 6.45) is 6.59. The summed E-state index contributed by atoms with van der Waals surface area (Å²) in [5.41, 5.74) is 0. The Balaban J connectivity index is 2.03. The Kier molecular flexibility index (Phi) is 6.23. The van der Waals surface area contributed by atoms with Crippen LogP contribution in [-0.4, -0.2) is 30.3 Å². The molecule has 0 heterocycles. The standard InChI is InChI=1S/C12H24N2O2/c1-2-11(7-9-15)14-12(16)13-8-6-10-4-3-5-10/h10-11,15H,2-9H2,1H3,(H2,13,14,16). The van der Waals surface area contributed by atoms with Crippen molar-refractivity contribution in [3.05, 3.63) is 0 Å². The number of hydrogen-bond acceptors (Lipinski definition) is 2. The Labute approximate surface area is 97.8 Å². The molecule has 0 radical (unpaired) electrons. The smallest absolute Gasteiger partial charge is 0.315 e. The summed E-state index contributed by atoms with van der Waals surface area (Å²) >= 11 is 0. The van der Waals surface area contributed by atoms with Gasteiger partial charge in [-0.2, -0.15) is 0 Å².